The number of rotatable bonds is 6. The first-order valence-corrected chi connectivity index (χ1v) is 7.28. The third-order valence-corrected chi connectivity index (χ3v) is 2.93. The Morgan fingerprint density at radius 1 is 0.926 bits per heavy atom. The Balaban J connectivity index is 2.25. The van der Waals surface area contributed by atoms with Crippen molar-refractivity contribution >= 4 is 11.6 Å². The zero-order valence-corrected chi connectivity index (χ0v) is 13.4. The summed E-state index contributed by atoms with van der Waals surface area (Å²) in [6, 6.07) is 5.60. The van der Waals surface area contributed by atoms with Crippen LogP contribution in [0.1, 0.15) is 10.4 Å². The van der Waals surface area contributed by atoms with Gasteiger partial charge < -0.3 is 14.8 Å². The lowest BCUT2D eigenvalue weighted by atomic mass is 10.1. The first kappa shape index (κ1) is 20.3. The molecule has 0 saturated carbocycles. The average molecular weight is 394 g/mol. The van der Waals surface area contributed by atoms with Crippen LogP contribution in [-0.4, -0.2) is 36.5 Å². The number of nitrogens with zero attached hydrogens (tertiary/aromatic N) is 1. The fourth-order valence-electron chi connectivity index (χ4n) is 1.86. The number of benzene rings is 1. The van der Waals surface area contributed by atoms with Gasteiger partial charge in [0.1, 0.15) is 11.5 Å². The van der Waals surface area contributed by atoms with Crippen LogP contribution in [0, 0.1) is 0 Å². The van der Waals surface area contributed by atoms with Crippen LogP contribution < -0.4 is 14.8 Å². The predicted molar refractivity (Wildman–Crippen MR) is 81.7 cm³/mol. The summed E-state index contributed by atoms with van der Waals surface area (Å²) in [6.45, 7) is -3.30. The van der Waals surface area contributed by atoms with Crippen LogP contribution in [0.25, 0.3) is 0 Å². The second kappa shape index (κ2) is 8.14. The molecule has 0 aliphatic carbocycles. The van der Waals surface area contributed by atoms with Gasteiger partial charge in [-0.2, -0.15) is 26.3 Å². The fourth-order valence-corrected chi connectivity index (χ4v) is 1.86. The SMILES string of the molecule is O=C(Nc1ccncc1)c1cc(OCC(F)(F)F)ccc1OCC(F)(F)F. The molecule has 0 spiro atoms. The largest absolute Gasteiger partial charge is 0.484 e. The van der Waals surface area contributed by atoms with Gasteiger partial charge in [0.25, 0.3) is 5.91 Å². The highest BCUT2D eigenvalue weighted by Gasteiger charge is 2.30. The molecular weight excluding hydrogens is 382 g/mol. The number of alkyl halides is 6. The zero-order valence-electron chi connectivity index (χ0n) is 13.4. The van der Waals surface area contributed by atoms with Crippen molar-refractivity contribution in [2.75, 3.05) is 18.5 Å². The summed E-state index contributed by atoms with van der Waals surface area (Å²) in [5.74, 6) is -1.71. The lowest BCUT2D eigenvalue weighted by molar-refractivity contribution is -0.154. The van der Waals surface area contributed by atoms with Gasteiger partial charge >= 0.3 is 12.4 Å². The van der Waals surface area contributed by atoms with E-state index in [0.29, 0.717) is 0 Å². The van der Waals surface area contributed by atoms with Gasteiger partial charge in [0.15, 0.2) is 13.2 Å². The van der Waals surface area contributed by atoms with Crippen molar-refractivity contribution in [2.45, 2.75) is 12.4 Å². The molecule has 1 amide bonds. The molecule has 2 rings (SSSR count). The van der Waals surface area contributed by atoms with Gasteiger partial charge in [-0.25, -0.2) is 0 Å². The third kappa shape index (κ3) is 7.04. The Morgan fingerprint density at radius 2 is 1.52 bits per heavy atom. The number of halogens is 6. The monoisotopic (exact) mass is 394 g/mol. The average Bonchev–Trinajstić information content (AvgIpc) is 2.58. The lowest BCUT2D eigenvalue weighted by Gasteiger charge is -2.15. The smallest absolute Gasteiger partial charge is 0.422 e. The van der Waals surface area contributed by atoms with Crippen LogP contribution in [0.3, 0.4) is 0 Å². The van der Waals surface area contributed by atoms with Crippen molar-refractivity contribution in [1.82, 2.24) is 4.98 Å². The number of carbonyl (C=O) groups is 1. The number of pyridine rings is 1. The van der Waals surface area contributed by atoms with E-state index in [1.807, 2.05) is 0 Å². The Morgan fingerprint density at radius 3 is 2.11 bits per heavy atom. The maximum atomic E-state index is 12.4. The number of nitrogens with one attached hydrogen (secondary N) is 1. The van der Waals surface area contributed by atoms with Gasteiger partial charge in [0.05, 0.1) is 5.56 Å². The molecule has 0 bridgehead atoms. The zero-order chi connectivity index (χ0) is 20.1. The molecule has 0 aliphatic heterocycles. The minimum atomic E-state index is -4.66. The highest BCUT2D eigenvalue weighted by atomic mass is 19.4. The van der Waals surface area contributed by atoms with E-state index in [1.165, 1.54) is 24.5 Å². The quantitative estimate of drug-likeness (QED) is 0.746. The van der Waals surface area contributed by atoms with Crippen molar-refractivity contribution in [3.63, 3.8) is 0 Å². The lowest BCUT2D eigenvalue weighted by Crippen LogP contribution is -2.22. The second-order valence-electron chi connectivity index (χ2n) is 5.16. The molecule has 0 atom stereocenters. The Kier molecular flexibility index (Phi) is 6.13. The van der Waals surface area contributed by atoms with Crippen LogP contribution in [0.2, 0.25) is 0 Å². The van der Waals surface area contributed by atoms with Crippen LogP contribution in [0.5, 0.6) is 11.5 Å². The Bertz CT molecular complexity index is 778. The van der Waals surface area contributed by atoms with Gasteiger partial charge in [-0.3, -0.25) is 9.78 Å². The minimum Gasteiger partial charge on any atom is -0.484 e. The van der Waals surface area contributed by atoms with Crippen molar-refractivity contribution in [1.29, 1.82) is 0 Å². The van der Waals surface area contributed by atoms with E-state index >= 15 is 0 Å². The van der Waals surface area contributed by atoms with Gasteiger partial charge in [0, 0.05) is 18.1 Å². The van der Waals surface area contributed by atoms with E-state index < -0.39 is 42.8 Å². The summed E-state index contributed by atoms with van der Waals surface area (Å²) in [5.41, 5.74) is -0.144. The van der Waals surface area contributed by atoms with Crippen LogP contribution >= 0.6 is 0 Å². The van der Waals surface area contributed by atoms with Crippen molar-refractivity contribution in [3.05, 3.63) is 48.3 Å². The van der Waals surface area contributed by atoms with Crippen LogP contribution in [0.15, 0.2) is 42.7 Å². The topological polar surface area (TPSA) is 60.5 Å². The van der Waals surface area contributed by atoms with Gasteiger partial charge in [0.2, 0.25) is 0 Å². The number of hydrogen-bond donors (Lipinski definition) is 1. The second-order valence-corrected chi connectivity index (χ2v) is 5.16. The number of ether oxygens (including phenoxy) is 2. The first-order valence-electron chi connectivity index (χ1n) is 7.28. The normalized spacial score (nSPS) is 11.8. The third-order valence-electron chi connectivity index (χ3n) is 2.93. The van der Waals surface area contributed by atoms with Gasteiger partial charge in [-0.05, 0) is 30.3 Å². The molecule has 0 saturated heterocycles. The highest BCUT2D eigenvalue weighted by Crippen LogP contribution is 2.28. The highest BCUT2D eigenvalue weighted by molar-refractivity contribution is 6.06. The molecule has 27 heavy (non-hydrogen) atoms. The molecule has 1 N–H and O–H groups in total. The molecule has 0 radical (unpaired) electrons. The molecule has 1 aromatic carbocycles. The fraction of sp³-hybridized carbons (Fsp3) is 0.250. The maximum Gasteiger partial charge on any atom is 0.422 e. The molecular formula is C16H12F6N2O3. The van der Waals surface area contributed by atoms with Crippen molar-refractivity contribution < 1.29 is 40.6 Å². The molecule has 0 unspecified atom stereocenters. The van der Waals surface area contributed by atoms with Crippen LogP contribution in [-0.2, 0) is 0 Å². The number of hydrogen-bond acceptors (Lipinski definition) is 4. The number of anilines is 1. The number of aromatic nitrogens is 1. The van der Waals surface area contributed by atoms with Gasteiger partial charge in [-0.15, -0.1) is 0 Å². The van der Waals surface area contributed by atoms with E-state index in [4.69, 9.17) is 0 Å². The van der Waals surface area contributed by atoms with E-state index in [9.17, 15) is 31.1 Å². The predicted octanol–water partition coefficient (Wildman–Crippen LogP) is 4.22. The van der Waals surface area contributed by atoms with Crippen molar-refractivity contribution in [2.24, 2.45) is 0 Å². The summed E-state index contributed by atoms with van der Waals surface area (Å²) in [5, 5.41) is 2.38. The summed E-state index contributed by atoms with van der Waals surface area (Å²) < 4.78 is 83.0. The molecule has 5 nitrogen and oxygen atoms in total. The van der Waals surface area contributed by atoms with E-state index in [0.717, 1.165) is 18.2 Å². The van der Waals surface area contributed by atoms with Gasteiger partial charge in [-0.1, -0.05) is 0 Å². The Hall–Kier alpha value is -2.98. The molecule has 0 fully saturated rings. The number of carbonyl (C=O) groups excluding carboxylic acids is 1. The van der Waals surface area contributed by atoms with E-state index in [2.05, 4.69) is 19.8 Å². The molecule has 1 aromatic heterocycles. The first-order chi connectivity index (χ1) is 12.5. The van der Waals surface area contributed by atoms with Crippen LogP contribution in [0.4, 0.5) is 32.0 Å². The summed E-state index contributed by atoms with van der Waals surface area (Å²) >= 11 is 0. The standard InChI is InChI=1S/C16H12F6N2O3/c17-15(18,19)8-26-11-1-2-13(27-9-16(20,21)22)12(7-11)14(25)24-10-3-5-23-6-4-10/h1-7H,8-9H2,(H,23,24,25). The summed E-state index contributed by atoms with van der Waals surface area (Å²) in [4.78, 5) is 16.1. The minimum absolute atomic E-state index is 0.276. The van der Waals surface area contributed by atoms with E-state index in [-0.39, 0.29) is 11.4 Å². The molecule has 2 aromatic rings. The Labute approximate surface area is 148 Å². The molecule has 146 valence electrons. The molecule has 0 aliphatic rings. The summed E-state index contributed by atoms with van der Waals surface area (Å²) in [7, 11) is 0. The van der Waals surface area contributed by atoms with Crippen molar-refractivity contribution in [3.8, 4) is 11.5 Å². The van der Waals surface area contributed by atoms with E-state index in [1.54, 1.807) is 0 Å². The molecule has 11 heteroatoms. The number of amides is 1. The summed E-state index contributed by atoms with van der Waals surface area (Å²) in [6.07, 6.45) is -6.56. The maximum absolute atomic E-state index is 12.4. The molecule has 1 heterocycles.